The molecule has 9 heteroatoms. The molecule has 4 rings (SSSR count). The zero-order valence-corrected chi connectivity index (χ0v) is 25.2. The minimum Gasteiger partial charge on any atom is -0.494 e. The summed E-state index contributed by atoms with van der Waals surface area (Å²) < 4.78 is 36.5. The van der Waals surface area contributed by atoms with Gasteiger partial charge >= 0.3 is 5.97 Å². The second kappa shape index (κ2) is 14.1. The minimum atomic E-state index is -1.51. The first-order valence-corrected chi connectivity index (χ1v) is 14.9. The summed E-state index contributed by atoms with van der Waals surface area (Å²) in [5.74, 6) is -1.51. The Morgan fingerprint density at radius 2 is 1.73 bits per heavy atom. The highest BCUT2D eigenvalue weighted by atomic mass is 35.5. The number of hydrogen-bond acceptors (Lipinski definition) is 8. The van der Waals surface area contributed by atoms with Gasteiger partial charge in [-0.1, -0.05) is 56.5 Å². The van der Waals surface area contributed by atoms with Gasteiger partial charge in [-0.3, -0.25) is 9.59 Å². The number of carbonyl (C=O) groups is 2. The molecule has 41 heavy (non-hydrogen) atoms. The fraction of sp³-hybridized carbons (Fsp3) is 0.562. The molecule has 0 aliphatic carbocycles. The lowest BCUT2D eigenvalue weighted by Crippen LogP contribution is -2.65. The highest BCUT2D eigenvalue weighted by Crippen LogP contribution is 2.50. The molecule has 4 atom stereocenters. The molecule has 2 saturated heterocycles. The number of ketones is 1. The number of esters is 1. The van der Waals surface area contributed by atoms with Crippen molar-refractivity contribution in [3.05, 3.63) is 64.2 Å². The summed E-state index contributed by atoms with van der Waals surface area (Å²) >= 11 is 6.68. The Labute approximate surface area is 247 Å². The number of benzene rings is 2. The first kappa shape index (κ1) is 31.4. The van der Waals surface area contributed by atoms with Crippen LogP contribution in [0, 0.1) is 0 Å². The molecule has 0 amide bonds. The maximum atomic E-state index is 13.9. The molecule has 2 fully saturated rings. The Kier molecular flexibility index (Phi) is 10.8. The Bertz CT molecular complexity index is 1180. The van der Waals surface area contributed by atoms with E-state index in [4.69, 9.17) is 40.0 Å². The molecular weight excluding hydrogens is 548 g/mol. The fourth-order valence-corrected chi connectivity index (χ4v) is 5.37. The number of Topliss-reactive ketones (excluding diaryl/α,β-unsaturated/α-hetero) is 1. The number of carbonyl (C=O) groups excluding carboxylic acids is 2. The number of ether oxygens (including phenoxy) is 6. The van der Waals surface area contributed by atoms with Gasteiger partial charge in [-0.2, -0.15) is 0 Å². The van der Waals surface area contributed by atoms with Crippen LogP contribution in [0.5, 0.6) is 5.75 Å². The first-order valence-electron chi connectivity index (χ1n) is 14.5. The summed E-state index contributed by atoms with van der Waals surface area (Å²) in [5.41, 5.74) is 1.06. The van der Waals surface area contributed by atoms with Crippen LogP contribution in [0.1, 0.15) is 70.1 Å². The van der Waals surface area contributed by atoms with Crippen LogP contribution in [0.3, 0.4) is 0 Å². The number of rotatable bonds is 15. The van der Waals surface area contributed by atoms with Crippen LogP contribution >= 0.6 is 11.6 Å². The Balaban J connectivity index is 1.73. The van der Waals surface area contributed by atoms with Crippen LogP contribution in [-0.4, -0.2) is 62.6 Å². The lowest BCUT2D eigenvalue weighted by atomic mass is 9.84. The second-order valence-corrected chi connectivity index (χ2v) is 11.0. The molecule has 224 valence electrons. The van der Waals surface area contributed by atoms with Gasteiger partial charge in [0.15, 0.2) is 11.7 Å². The third-order valence-electron chi connectivity index (χ3n) is 7.40. The van der Waals surface area contributed by atoms with Crippen LogP contribution in [0.25, 0.3) is 0 Å². The van der Waals surface area contributed by atoms with Crippen molar-refractivity contribution in [2.24, 2.45) is 0 Å². The smallest absolute Gasteiger partial charge is 0.302 e. The van der Waals surface area contributed by atoms with E-state index in [1.807, 2.05) is 43.3 Å². The zero-order chi connectivity index (χ0) is 29.5. The van der Waals surface area contributed by atoms with Gasteiger partial charge in [0, 0.05) is 30.7 Å². The SMILES string of the molecule is CCCCO[C@@H]1[C@@H](OCCCC)C(=O)[C@]2(COC(C)=O)CO[C@@]1(c1ccc(Cl)c(Cc3ccc(OCC)cc3)c1)O2. The summed E-state index contributed by atoms with van der Waals surface area (Å²) in [6.07, 6.45) is 2.13. The highest BCUT2D eigenvalue weighted by Gasteiger charge is 2.69. The number of fused-ring (bicyclic) bond motifs is 2. The molecule has 2 heterocycles. The van der Waals surface area contributed by atoms with Gasteiger partial charge in [0.1, 0.15) is 18.5 Å². The summed E-state index contributed by atoms with van der Waals surface area (Å²) in [7, 11) is 0. The number of unbranched alkanes of at least 4 members (excludes halogenated alkanes) is 2. The van der Waals surface area contributed by atoms with Crippen molar-refractivity contribution < 1.29 is 38.0 Å². The second-order valence-electron chi connectivity index (χ2n) is 10.5. The number of hydrogen-bond donors (Lipinski definition) is 0. The van der Waals surface area contributed by atoms with Crippen molar-refractivity contribution in [3.63, 3.8) is 0 Å². The van der Waals surface area contributed by atoms with Crippen molar-refractivity contribution in [1.29, 1.82) is 0 Å². The van der Waals surface area contributed by atoms with Gasteiger partial charge in [0.2, 0.25) is 11.6 Å². The highest BCUT2D eigenvalue weighted by molar-refractivity contribution is 6.31. The molecule has 2 aromatic rings. The quantitative estimate of drug-likeness (QED) is 0.191. The molecule has 2 bridgehead atoms. The van der Waals surface area contributed by atoms with E-state index in [1.54, 1.807) is 6.07 Å². The molecule has 0 unspecified atom stereocenters. The normalized spacial score (nSPS) is 25.3. The predicted molar refractivity (Wildman–Crippen MR) is 154 cm³/mol. The Hall–Kier alpha value is -2.49. The largest absolute Gasteiger partial charge is 0.494 e. The van der Waals surface area contributed by atoms with E-state index in [-0.39, 0.29) is 19.0 Å². The lowest BCUT2D eigenvalue weighted by molar-refractivity contribution is -0.302. The first-order chi connectivity index (χ1) is 19.8. The van der Waals surface area contributed by atoms with Crippen molar-refractivity contribution in [3.8, 4) is 5.75 Å². The molecule has 0 N–H and O–H groups in total. The summed E-state index contributed by atoms with van der Waals surface area (Å²) in [4.78, 5) is 25.7. The summed E-state index contributed by atoms with van der Waals surface area (Å²) in [6.45, 7) is 8.38. The van der Waals surface area contributed by atoms with E-state index in [2.05, 4.69) is 13.8 Å². The zero-order valence-electron chi connectivity index (χ0n) is 24.4. The topological polar surface area (TPSA) is 89.5 Å². The predicted octanol–water partition coefficient (Wildman–Crippen LogP) is 5.78. The molecule has 0 aromatic heterocycles. The number of halogens is 1. The maximum Gasteiger partial charge on any atom is 0.302 e. The van der Waals surface area contributed by atoms with E-state index >= 15 is 0 Å². The van der Waals surface area contributed by atoms with Crippen LogP contribution in [0.15, 0.2) is 42.5 Å². The van der Waals surface area contributed by atoms with E-state index in [0.29, 0.717) is 36.8 Å². The van der Waals surface area contributed by atoms with Crippen LogP contribution in [0.4, 0.5) is 0 Å². The third-order valence-corrected chi connectivity index (χ3v) is 7.77. The van der Waals surface area contributed by atoms with E-state index in [9.17, 15) is 9.59 Å². The third kappa shape index (κ3) is 6.95. The fourth-order valence-electron chi connectivity index (χ4n) is 5.18. The van der Waals surface area contributed by atoms with Crippen LogP contribution in [-0.2, 0) is 45.5 Å². The van der Waals surface area contributed by atoms with Crippen molar-refractivity contribution >= 4 is 23.4 Å². The molecule has 2 aliphatic rings. The van der Waals surface area contributed by atoms with E-state index in [0.717, 1.165) is 42.6 Å². The van der Waals surface area contributed by atoms with Crippen LogP contribution in [0.2, 0.25) is 5.02 Å². The van der Waals surface area contributed by atoms with Gasteiger partial charge in [-0.25, -0.2) is 0 Å². The molecule has 2 aromatic carbocycles. The molecule has 0 spiro atoms. The maximum absolute atomic E-state index is 13.9. The average molecular weight is 589 g/mol. The summed E-state index contributed by atoms with van der Waals surface area (Å²) in [6, 6.07) is 13.5. The van der Waals surface area contributed by atoms with Gasteiger partial charge in [0.25, 0.3) is 0 Å². The van der Waals surface area contributed by atoms with Crippen molar-refractivity contribution in [1.82, 2.24) is 0 Å². The standard InChI is InChI=1S/C32H41ClO8/c1-5-8-16-37-28-29(35)31(20-39-22(4)34)21-40-32(41-31,30(28)38-17-9-6-2)25-12-15-27(33)24(19-25)18-23-10-13-26(14-11-23)36-7-3/h10-15,19,28,30H,5-9,16-18,20-21H2,1-4H3/t28-,30+,31-,32-/m0/s1. The van der Waals surface area contributed by atoms with E-state index < -0.39 is 29.6 Å². The molecule has 0 saturated carbocycles. The molecule has 0 radical (unpaired) electrons. The van der Waals surface area contributed by atoms with Gasteiger partial charge < -0.3 is 28.4 Å². The van der Waals surface area contributed by atoms with E-state index in [1.165, 1.54) is 6.92 Å². The van der Waals surface area contributed by atoms with Gasteiger partial charge in [-0.15, -0.1) is 0 Å². The van der Waals surface area contributed by atoms with Gasteiger partial charge in [-0.05, 0) is 61.6 Å². The Morgan fingerprint density at radius 3 is 2.39 bits per heavy atom. The minimum absolute atomic E-state index is 0.1000. The Morgan fingerprint density at radius 1 is 1.02 bits per heavy atom. The molecule has 2 aliphatic heterocycles. The average Bonchev–Trinajstić information content (AvgIpc) is 3.33. The molecular formula is C32H41ClO8. The van der Waals surface area contributed by atoms with Gasteiger partial charge in [0.05, 0.1) is 13.2 Å². The lowest BCUT2D eigenvalue weighted by Gasteiger charge is -2.45. The van der Waals surface area contributed by atoms with Crippen molar-refractivity contribution in [2.45, 2.75) is 83.4 Å². The summed E-state index contributed by atoms with van der Waals surface area (Å²) in [5, 5.41) is 0.592. The van der Waals surface area contributed by atoms with Crippen LogP contribution < -0.4 is 4.74 Å². The monoisotopic (exact) mass is 588 g/mol. The van der Waals surface area contributed by atoms with Crippen molar-refractivity contribution in [2.75, 3.05) is 33.0 Å². The molecule has 8 nitrogen and oxygen atoms in total.